The van der Waals surface area contributed by atoms with Gasteiger partial charge in [0.1, 0.15) is 12.4 Å². The minimum absolute atomic E-state index is 0.351. The fraction of sp³-hybridized carbons (Fsp3) is 0.571. The lowest BCUT2D eigenvalue weighted by Crippen LogP contribution is -2.17. The van der Waals surface area contributed by atoms with Crippen LogP contribution in [0, 0.1) is 0 Å². The van der Waals surface area contributed by atoms with Crippen LogP contribution in [0.15, 0.2) is 22.7 Å². The molecule has 0 amide bonds. The van der Waals surface area contributed by atoms with Crippen LogP contribution in [-0.4, -0.2) is 26.4 Å². The summed E-state index contributed by atoms with van der Waals surface area (Å²) in [5.74, 6) is 0.863. The van der Waals surface area contributed by atoms with E-state index in [-0.39, 0.29) is 0 Å². The smallest absolute Gasteiger partial charge is 0.133 e. The van der Waals surface area contributed by atoms with E-state index in [1.165, 1.54) is 5.56 Å². The molecule has 0 fully saturated rings. The summed E-state index contributed by atoms with van der Waals surface area (Å²) in [6, 6.07) is 6.54. The van der Waals surface area contributed by atoms with Crippen molar-refractivity contribution < 1.29 is 9.47 Å². The third kappa shape index (κ3) is 4.96. The molecular weight excluding hydrogens is 294 g/mol. The number of hydrogen-bond donors (Lipinski definition) is 1. The van der Waals surface area contributed by atoms with E-state index in [2.05, 4.69) is 47.2 Å². The maximum Gasteiger partial charge on any atom is 0.133 e. The molecule has 3 nitrogen and oxygen atoms in total. The van der Waals surface area contributed by atoms with Gasteiger partial charge >= 0.3 is 0 Å². The first-order chi connectivity index (χ1) is 8.69. The van der Waals surface area contributed by atoms with Crippen molar-refractivity contribution in [2.24, 2.45) is 0 Å². The van der Waals surface area contributed by atoms with Gasteiger partial charge in [0.2, 0.25) is 0 Å². The van der Waals surface area contributed by atoms with Gasteiger partial charge in [0.25, 0.3) is 0 Å². The zero-order valence-electron chi connectivity index (χ0n) is 11.3. The molecule has 0 aliphatic heterocycles. The minimum Gasteiger partial charge on any atom is -0.490 e. The Morgan fingerprint density at radius 1 is 1.28 bits per heavy atom. The van der Waals surface area contributed by atoms with Crippen molar-refractivity contribution >= 4 is 15.9 Å². The van der Waals surface area contributed by atoms with Gasteiger partial charge in [0, 0.05) is 12.6 Å². The Morgan fingerprint density at radius 3 is 2.67 bits per heavy atom. The van der Waals surface area contributed by atoms with Gasteiger partial charge in [-0.05, 0) is 54.0 Å². The fourth-order valence-corrected chi connectivity index (χ4v) is 2.19. The van der Waals surface area contributed by atoms with E-state index in [0.717, 1.165) is 23.4 Å². The number of ether oxygens (including phenoxy) is 2. The topological polar surface area (TPSA) is 30.5 Å². The first kappa shape index (κ1) is 15.5. The van der Waals surface area contributed by atoms with Crippen molar-refractivity contribution in [1.29, 1.82) is 0 Å². The molecule has 1 aromatic rings. The molecule has 0 radical (unpaired) electrons. The summed E-state index contributed by atoms with van der Waals surface area (Å²) in [6.07, 6.45) is 0. The second-order valence-electron chi connectivity index (χ2n) is 4.01. The Balaban J connectivity index is 2.56. The lowest BCUT2D eigenvalue weighted by atomic mass is 10.1. The third-order valence-electron chi connectivity index (χ3n) is 2.66. The SMILES string of the molecule is CCNC(C)c1ccc(OCCOCC)c(Br)c1. The van der Waals surface area contributed by atoms with Crippen LogP contribution in [0.3, 0.4) is 0 Å². The Kier molecular flexibility index (Phi) is 7.32. The second-order valence-corrected chi connectivity index (χ2v) is 4.87. The molecule has 0 spiro atoms. The Bertz CT molecular complexity index is 358. The first-order valence-corrected chi connectivity index (χ1v) is 7.21. The Hall–Kier alpha value is -0.580. The second kappa shape index (κ2) is 8.51. The Labute approximate surface area is 118 Å². The monoisotopic (exact) mass is 315 g/mol. The highest BCUT2D eigenvalue weighted by molar-refractivity contribution is 9.10. The van der Waals surface area contributed by atoms with Crippen LogP contribution >= 0.6 is 15.9 Å². The number of rotatable bonds is 8. The maximum atomic E-state index is 5.64. The summed E-state index contributed by atoms with van der Waals surface area (Å²) in [6.45, 7) is 9.13. The predicted octanol–water partition coefficient (Wildman–Crippen LogP) is 3.53. The normalized spacial score (nSPS) is 12.4. The van der Waals surface area contributed by atoms with E-state index in [1.807, 2.05) is 13.0 Å². The van der Waals surface area contributed by atoms with Crippen molar-refractivity contribution in [3.63, 3.8) is 0 Å². The predicted molar refractivity (Wildman–Crippen MR) is 78.2 cm³/mol. The van der Waals surface area contributed by atoms with Gasteiger partial charge in [0.15, 0.2) is 0 Å². The van der Waals surface area contributed by atoms with Crippen molar-refractivity contribution in [3.8, 4) is 5.75 Å². The molecule has 0 bridgehead atoms. The summed E-state index contributed by atoms with van der Waals surface area (Å²) in [7, 11) is 0. The average Bonchev–Trinajstić information content (AvgIpc) is 2.36. The van der Waals surface area contributed by atoms with Crippen LogP contribution in [0.1, 0.15) is 32.4 Å². The largest absolute Gasteiger partial charge is 0.490 e. The van der Waals surface area contributed by atoms with Gasteiger partial charge in [-0.15, -0.1) is 0 Å². The molecule has 102 valence electrons. The van der Waals surface area contributed by atoms with E-state index in [4.69, 9.17) is 9.47 Å². The van der Waals surface area contributed by atoms with Gasteiger partial charge in [-0.1, -0.05) is 13.0 Å². The zero-order chi connectivity index (χ0) is 13.4. The molecule has 1 aromatic carbocycles. The van der Waals surface area contributed by atoms with Gasteiger partial charge in [-0.3, -0.25) is 0 Å². The fourth-order valence-electron chi connectivity index (χ4n) is 1.68. The molecule has 0 saturated carbocycles. The van der Waals surface area contributed by atoms with E-state index < -0.39 is 0 Å². The van der Waals surface area contributed by atoms with Crippen molar-refractivity contribution in [1.82, 2.24) is 5.32 Å². The highest BCUT2D eigenvalue weighted by atomic mass is 79.9. The highest BCUT2D eigenvalue weighted by Crippen LogP contribution is 2.28. The summed E-state index contributed by atoms with van der Waals surface area (Å²) in [4.78, 5) is 0. The summed E-state index contributed by atoms with van der Waals surface area (Å²) >= 11 is 3.54. The molecule has 0 aromatic heterocycles. The van der Waals surface area contributed by atoms with Gasteiger partial charge in [-0.25, -0.2) is 0 Å². The van der Waals surface area contributed by atoms with E-state index in [1.54, 1.807) is 0 Å². The standard InChI is InChI=1S/C14H22BrNO2/c1-4-16-11(3)12-6-7-14(13(15)10-12)18-9-8-17-5-2/h6-7,10-11,16H,4-5,8-9H2,1-3H3. The van der Waals surface area contributed by atoms with Gasteiger partial charge in [0.05, 0.1) is 11.1 Å². The molecule has 0 saturated heterocycles. The van der Waals surface area contributed by atoms with Crippen LogP contribution in [0.5, 0.6) is 5.75 Å². The molecule has 1 N–H and O–H groups in total. The number of halogens is 1. The molecule has 1 rings (SSSR count). The van der Waals surface area contributed by atoms with Crippen LogP contribution in [-0.2, 0) is 4.74 Å². The number of hydrogen-bond acceptors (Lipinski definition) is 3. The third-order valence-corrected chi connectivity index (χ3v) is 3.28. The van der Waals surface area contributed by atoms with Crippen molar-refractivity contribution in [2.45, 2.75) is 26.8 Å². The van der Waals surface area contributed by atoms with Crippen molar-refractivity contribution in [2.75, 3.05) is 26.4 Å². The summed E-state index contributed by atoms with van der Waals surface area (Å²) < 4.78 is 11.9. The average molecular weight is 316 g/mol. The molecule has 0 aliphatic carbocycles. The Morgan fingerprint density at radius 2 is 2.06 bits per heavy atom. The van der Waals surface area contributed by atoms with Crippen LogP contribution in [0.4, 0.5) is 0 Å². The number of benzene rings is 1. The lowest BCUT2D eigenvalue weighted by molar-refractivity contribution is 0.110. The highest BCUT2D eigenvalue weighted by Gasteiger charge is 2.07. The van der Waals surface area contributed by atoms with Gasteiger partial charge < -0.3 is 14.8 Å². The quantitative estimate of drug-likeness (QED) is 0.744. The molecule has 0 heterocycles. The van der Waals surface area contributed by atoms with Crippen LogP contribution in [0.25, 0.3) is 0 Å². The molecule has 1 unspecified atom stereocenters. The molecule has 1 atom stereocenters. The van der Waals surface area contributed by atoms with Crippen LogP contribution in [0.2, 0.25) is 0 Å². The molecule has 4 heteroatoms. The first-order valence-electron chi connectivity index (χ1n) is 6.42. The summed E-state index contributed by atoms with van der Waals surface area (Å²) in [5.41, 5.74) is 1.25. The van der Waals surface area contributed by atoms with Gasteiger partial charge in [-0.2, -0.15) is 0 Å². The summed E-state index contributed by atoms with van der Waals surface area (Å²) in [5, 5.41) is 3.39. The zero-order valence-corrected chi connectivity index (χ0v) is 12.9. The van der Waals surface area contributed by atoms with E-state index in [0.29, 0.717) is 19.3 Å². The van der Waals surface area contributed by atoms with E-state index in [9.17, 15) is 0 Å². The molecule has 18 heavy (non-hydrogen) atoms. The maximum absolute atomic E-state index is 5.64. The van der Waals surface area contributed by atoms with E-state index >= 15 is 0 Å². The van der Waals surface area contributed by atoms with Crippen molar-refractivity contribution in [3.05, 3.63) is 28.2 Å². The van der Waals surface area contributed by atoms with Crippen LogP contribution < -0.4 is 10.1 Å². The molecule has 0 aliphatic rings. The number of nitrogens with one attached hydrogen (secondary N) is 1. The lowest BCUT2D eigenvalue weighted by Gasteiger charge is -2.15. The minimum atomic E-state index is 0.351. The molecular formula is C14H22BrNO2.